The van der Waals surface area contributed by atoms with E-state index >= 15 is 0 Å². The number of carbonyl (C=O) groups excluding carboxylic acids is 1. The highest BCUT2D eigenvalue weighted by Crippen LogP contribution is 2.24. The Labute approximate surface area is 162 Å². The Morgan fingerprint density at radius 2 is 1.89 bits per heavy atom. The predicted octanol–water partition coefficient (Wildman–Crippen LogP) is 0.138. The smallest absolute Gasteiger partial charge is 0.186 e. The molecule has 0 spiro atoms. The molecule has 2 aromatic rings. The van der Waals surface area contributed by atoms with Crippen molar-refractivity contribution in [3.8, 4) is 11.3 Å². The third-order valence-electron chi connectivity index (χ3n) is 4.64. The first kappa shape index (κ1) is 20.6. The molecule has 0 amide bonds. The summed E-state index contributed by atoms with van der Waals surface area (Å²) in [5.74, 6) is 0. The van der Waals surface area contributed by atoms with Gasteiger partial charge in [-0.1, -0.05) is 35.5 Å². The van der Waals surface area contributed by atoms with Crippen molar-refractivity contribution in [1.82, 2.24) is 15.0 Å². The van der Waals surface area contributed by atoms with Crippen molar-refractivity contribution in [3.05, 3.63) is 36.5 Å². The number of ether oxygens (including phenoxy) is 2. The van der Waals surface area contributed by atoms with E-state index in [1.165, 1.54) is 4.68 Å². The number of aldehydes is 1. The van der Waals surface area contributed by atoms with E-state index in [2.05, 4.69) is 10.3 Å². The van der Waals surface area contributed by atoms with Crippen molar-refractivity contribution < 1.29 is 29.6 Å². The molecule has 9 nitrogen and oxygen atoms in total. The van der Waals surface area contributed by atoms with Crippen molar-refractivity contribution in [2.24, 2.45) is 0 Å². The molecular formula is C19H25N3O6. The molecule has 0 bridgehead atoms. The third-order valence-corrected chi connectivity index (χ3v) is 4.64. The molecule has 0 aliphatic carbocycles. The Balaban J connectivity index is 1.60. The van der Waals surface area contributed by atoms with E-state index in [-0.39, 0.29) is 13.2 Å². The molecule has 5 unspecified atom stereocenters. The molecule has 1 fully saturated rings. The Bertz CT molecular complexity index is 740. The van der Waals surface area contributed by atoms with Crippen LogP contribution in [0.5, 0.6) is 0 Å². The zero-order valence-electron chi connectivity index (χ0n) is 15.4. The fraction of sp³-hybridized carbons (Fsp3) is 0.526. The minimum absolute atomic E-state index is 0.135. The molecule has 2 heterocycles. The second kappa shape index (κ2) is 9.85. The standard InChI is InChI=1S/C19H25N3O6/c23-9-5-2-6-10-27-19-18(26)17(25)16(24)15(28-19)12-22-11-14(20-21-22)13-7-3-1-4-8-13/h1,3-4,7-9,11,15-19,24-26H,2,5-6,10,12H2. The van der Waals surface area contributed by atoms with Gasteiger partial charge in [-0.15, -0.1) is 5.10 Å². The molecule has 1 aromatic heterocycles. The molecule has 5 atom stereocenters. The van der Waals surface area contributed by atoms with Gasteiger partial charge in [0, 0.05) is 18.6 Å². The second-order valence-corrected chi connectivity index (χ2v) is 6.74. The van der Waals surface area contributed by atoms with Gasteiger partial charge in [0.25, 0.3) is 0 Å². The van der Waals surface area contributed by atoms with Crippen molar-refractivity contribution in [2.45, 2.75) is 56.5 Å². The largest absolute Gasteiger partial charge is 0.388 e. The highest BCUT2D eigenvalue weighted by molar-refractivity contribution is 5.57. The number of hydrogen-bond acceptors (Lipinski definition) is 8. The lowest BCUT2D eigenvalue weighted by Gasteiger charge is -2.40. The average molecular weight is 391 g/mol. The summed E-state index contributed by atoms with van der Waals surface area (Å²) in [5.41, 5.74) is 1.58. The molecule has 152 valence electrons. The summed E-state index contributed by atoms with van der Waals surface area (Å²) >= 11 is 0. The van der Waals surface area contributed by atoms with Gasteiger partial charge < -0.3 is 29.6 Å². The summed E-state index contributed by atoms with van der Waals surface area (Å²) < 4.78 is 12.7. The lowest BCUT2D eigenvalue weighted by molar-refractivity contribution is -0.299. The Morgan fingerprint density at radius 1 is 1.11 bits per heavy atom. The van der Waals surface area contributed by atoms with Crippen LogP contribution < -0.4 is 0 Å². The number of aliphatic hydroxyl groups excluding tert-OH is 3. The van der Waals surface area contributed by atoms with Gasteiger partial charge in [0.15, 0.2) is 6.29 Å². The molecule has 1 aliphatic heterocycles. The SMILES string of the molecule is O=CCCCCOC1OC(Cn2cc(-c3ccccc3)nn2)C(O)C(O)C1O. The highest BCUT2D eigenvalue weighted by atomic mass is 16.7. The Morgan fingerprint density at radius 3 is 2.64 bits per heavy atom. The van der Waals surface area contributed by atoms with E-state index in [4.69, 9.17) is 9.47 Å². The summed E-state index contributed by atoms with van der Waals surface area (Å²) in [6, 6.07) is 9.53. The van der Waals surface area contributed by atoms with Crippen LogP contribution in [0.15, 0.2) is 36.5 Å². The Hall–Kier alpha value is -2.17. The van der Waals surface area contributed by atoms with Crippen LogP contribution in [0.1, 0.15) is 19.3 Å². The highest BCUT2D eigenvalue weighted by Gasteiger charge is 2.44. The van der Waals surface area contributed by atoms with Crippen LogP contribution >= 0.6 is 0 Å². The number of aromatic nitrogens is 3. The second-order valence-electron chi connectivity index (χ2n) is 6.74. The van der Waals surface area contributed by atoms with Crippen LogP contribution in [0.2, 0.25) is 0 Å². The number of aliphatic hydroxyl groups is 3. The average Bonchev–Trinajstić information content (AvgIpc) is 3.18. The lowest BCUT2D eigenvalue weighted by Crippen LogP contribution is -2.59. The fourth-order valence-electron chi connectivity index (χ4n) is 3.05. The molecule has 3 rings (SSSR count). The van der Waals surface area contributed by atoms with Crippen LogP contribution in [0.25, 0.3) is 11.3 Å². The number of nitrogens with zero attached hydrogens (tertiary/aromatic N) is 3. The number of hydrogen-bond donors (Lipinski definition) is 3. The molecule has 1 saturated heterocycles. The molecule has 28 heavy (non-hydrogen) atoms. The lowest BCUT2D eigenvalue weighted by atomic mass is 9.99. The van der Waals surface area contributed by atoms with Gasteiger partial charge in [-0.05, 0) is 12.8 Å². The van der Waals surface area contributed by atoms with Crippen molar-refractivity contribution >= 4 is 6.29 Å². The van der Waals surface area contributed by atoms with Crippen molar-refractivity contribution in [3.63, 3.8) is 0 Å². The maximum atomic E-state index is 10.3. The van der Waals surface area contributed by atoms with Crippen LogP contribution in [-0.2, 0) is 20.8 Å². The number of rotatable bonds is 9. The third kappa shape index (κ3) is 5.00. The minimum Gasteiger partial charge on any atom is -0.388 e. The number of benzene rings is 1. The monoisotopic (exact) mass is 391 g/mol. The summed E-state index contributed by atoms with van der Waals surface area (Å²) in [6.07, 6.45) is -1.68. The van der Waals surface area contributed by atoms with Crippen LogP contribution in [-0.4, -0.2) is 73.9 Å². The molecule has 1 aliphatic rings. The van der Waals surface area contributed by atoms with Crippen LogP contribution in [0, 0.1) is 0 Å². The molecule has 0 radical (unpaired) electrons. The summed E-state index contributed by atoms with van der Waals surface area (Å²) in [5, 5.41) is 38.7. The minimum atomic E-state index is -1.41. The molecule has 3 N–H and O–H groups in total. The van der Waals surface area contributed by atoms with E-state index in [1.54, 1.807) is 6.20 Å². The quantitative estimate of drug-likeness (QED) is 0.407. The number of unbranched alkanes of at least 4 members (excludes halogenated alkanes) is 2. The summed E-state index contributed by atoms with van der Waals surface area (Å²) in [4.78, 5) is 10.3. The first-order valence-electron chi connectivity index (χ1n) is 9.30. The van der Waals surface area contributed by atoms with Gasteiger partial charge in [0.05, 0.1) is 12.7 Å². The number of carbonyl (C=O) groups is 1. The topological polar surface area (TPSA) is 127 Å². The van der Waals surface area contributed by atoms with Crippen LogP contribution in [0.3, 0.4) is 0 Å². The van der Waals surface area contributed by atoms with E-state index < -0.39 is 30.7 Å². The first-order chi connectivity index (χ1) is 13.6. The van der Waals surface area contributed by atoms with E-state index in [9.17, 15) is 20.1 Å². The van der Waals surface area contributed by atoms with E-state index in [0.717, 1.165) is 11.8 Å². The molecular weight excluding hydrogens is 366 g/mol. The molecule has 9 heteroatoms. The van der Waals surface area contributed by atoms with Gasteiger partial charge in [-0.2, -0.15) is 0 Å². The van der Waals surface area contributed by atoms with Crippen molar-refractivity contribution in [1.29, 1.82) is 0 Å². The first-order valence-corrected chi connectivity index (χ1v) is 9.30. The zero-order chi connectivity index (χ0) is 19.9. The van der Waals surface area contributed by atoms with Gasteiger partial charge in [0.2, 0.25) is 0 Å². The van der Waals surface area contributed by atoms with E-state index in [0.29, 0.717) is 25.0 Å². The van der Waals surface area contributed by atoms with Gasteiger partial charge in [-0.25, -0.2) is 4.68 Å². The maximum Gasteiger partial charge on any atom is 0.186 e. The maximum absolute atomic E-state index is 10.3. The molecule has 0 saturated carbocycles. The van der Waals surface area contributed by atoms with E-state index in [1.807, 2.05) is 30.3 Å². The van der Waals surface area contributed by atoms with Crippen molar-refractivity contribution in [2.75, 3.05) is 6.61 Å². The normalized spacial score (nSPS) is 27.6. The van der Waals surface area contributed by atoms with Crippen LogP contribution in [0.4, 0.5) is 0 Å². The zero-order valence-corrected chi connectivity index (χ0v) is 15.4. The van der Waals surface area contributed by atoms with Gasteiger partial charge in [-0.3, -0.25) is 0 Å². The van der Waals surface area contributed by atoms with Gasteiger partial charge >= 0.3 is 0 Å². The fourth-order valence-corrected chi connectivity index (χ4v) is 3.05. The predicted molar refractivity (Wildman–Crippen MR) is 98.0 cm³/mol. The Kier molecular flexibility index (Phi) is 7.24. The van der Waals surface area contributed by atoms with Gasteiger partial charge in [0.1, 0.15) is 36.4 Å². The summed E-state index contributed by atoms with van der Waals surface area (Å²) in [6.45, 7) is 0.405. The summed E-state index contributed by atoms with van der Waals surface area (Å²) in [7, 11) is 0. The molecule has 1 aromatic carbocycles.